The van der Waals surface area contributed by atoms with Crippen LogP contribution < -0.4 is 4.74 Å². The molecule has 1 aromatic heterocycles. The summed E-state index contributed by atoms with van der Waals surface area (Å²) in [7, 11) is 1.58. The van der Waals surface area contributed by atoms with Gasteiger partial charge >= 0.3 is 0 Å². The van der Waals surface area contributed by atoms with Crippen molar-refractivity contribution in [2.24, 2.45) is 0 Å². The largest absolute Gasteiger partial charge is 0.481 e. The molecule has 0 aliphatic heterocycles. The number of aromatic nitrogens is 2. The van der Waals surface area contributed by atoms with Gasteiger partial charge in [0.1, 0.15) is 0 Å². The number of aliphatic hydroxyl groups excluding tert-OH is 1. The summed E-state index contributed by atoms with van der Waals surface area (Å²) in [5, 5.41) is 14.7. The van der Waals surface area contributed by atoms with Crippen molar-refractivity contribution in [3.63, 3.8) is 0 Å². The first-order valence-corrected chi connectivity index (χ1v) is 6.48. The number of nitrogens with zero attached hydrogens (tertiary/aromatic N) is 2. The first-order chi connectivity index (χ1) is 9.08. The van der Waals surface area contributed by atoms with E-state index < -0.39 is 0 Å². The summed E-state index contributed by atoms with van der Waals surface area (Å²) >= 11 is 5.89. The minimum absolute atomic E-state index is 0.0930. The highest BCUT2D eigenvalue weighted by molar-refractivity contribution is 6.30. The Morgan fingerprint density at radius 3 is 2.42 bits per heavy atom. The Morgan fingerprint density at radius 2 is 1.95 bits per heavy atom. The SMILES string of the molecule is COc1c(CO)c(C(C)C)nn1-c1ccc(Cl)cc1. The molecule has 0 saturated carbocycles. The molecule has 0 saturated heterocycles. The molecule has 0 radical (unpaired) electrons. The van der Waals surface area contributed by atoms with Crippen LogP contribution in [0.1, 0.15) is 31.0 Å². The molecule has 102 valence electrons. The van der Waals surface area contributed by atoms with Crippen LogP contribution in [0.5, 0.6) is 5.88 Å². The van der Waals surface area contributed by atoms with E-state index in [4.69, 9.17) is 16.3 Å². The number of halogens is 1. The lowest BCUT2D eigenvalue weighted by atomic mass is 10.1. The van der Waals surface area contributed by atoms with E-state index in [0.717, 1.165) is 16.9 Å². The van der Waals surface area contributed by atoms with Crippen LogP contribution in [0.3, 0.4) is 0 Å². The van der Waals surface area contributed by atoms with E-state index in [1.165, 1.54) is 0 Å². The Hall–Kier alpha value is -1.52. The minimum Gasteiger partial charge on any atom is -0.481 e. The van der Waals surface area contributed by atoms with Gasteiger partial charge < -0.3 is 9.84 Å². The van der Waals surface area contributed by atoms with E-state index in [0.29, 0.717) is 10.9 Å². The Labute approximate surface area is 117 Å². The molecule has 0 spiro atoms. The Balaban J connectivity index is 2.59. The monoisotopic (exact) mass is 280 g/mol. The summed E-state index contributed by atoms with van der Waals surface area (Å²) in [6, 6.07) is 7.32. The summed E-state index contributed by atoms with van der Waals surface area (Å²) in [6.07, 6.45) is 0. The average molecular weight is 281 g/mol. The fourth-order valence-corrected chi connectivity index (χ4v) is 2.16. The second kappa shape index (κ2) is 5.63. The molecule has 0 amide bonds. The summed E-state index contributed by atoms with van der Waals surface area (Å²) in [6.45, 7) is 3.98. The predicted octanol–water partition coefficient (Wildman–Crippen LogP) is 3.15. The molecule has 0 bridgehead atoms. The zero-order chi connectivity index (χ0) is 14.0. The first-order valence-electron chi connectivity index (χ1n) is 6.11. The average Bonchev–Trinajstić information content (AvgIpc) is 2.78. The van der Waals surface area contributed by atoms with Crippen molar-refractivity contribution in [2.45, 2.75) is 26.4 Å². The molecule has 19 heavy (non-hydrogen) atoms. The number of methoxy groups -OCH3 is 1. The number of hydrogen-bond acceptors (Lipinski definition) is 3. The van der Waals surface area contributed by atoms with Gasteiger partial charge in [-0.2, -0.15) is 5.10 Å². The van der Waals surface area contributed by atoms with E-state index in [9.17, 15) is 5.11 Å². The number of hydrogen-bond donors (Lipinski definition) is 1. The molecule has 0 fully saturated rings. The summed E-state index contributed by atoms with van der Waals surface area (Å²) < 4.78 is 7.08. The van der Waals surface area contributed by atoms with Gasteiger partial charge in [0.15, 0.2) is 0 Å². The maximum atomic E-state index is 9.53. The molecular weight excluding hydrogens is 264 g/mol. The highest BCUT2D eigenvalue weighted by atomic mass is 35.5. The third kappa shape index (κ3) is 2.60. The van der Waals surface area contributed by atoms with Crippen LogP contribution in [0.4, 0.5) is 0 Å². The molecule has 1 N–H and O–H groups in total. The zero-order valence-corrected chi connectivity index (χ0v) is 12.0. The Morgan fingerprint density at radius 1 is 1.32 bits per heavy atom. The molecule has 0 atom stereocenters. The molecule has 4 nitrogen and oxygen atoms in total. The highest BCUT2D eigenvalue weighted by Gasteiger charge is 2.20. The van der Waals surface area contributed by atoms with Crippen LogP contribution in [0.2, 0.25) is 5.02 Å². The maximum Gasteiger partial charge on any atom is 0.222 e. The quantitative estimate of drug-likeness (QED) is 0.936. The Bertz CT molecular complexity index is 562. The van der Waals surface area contributed by atoms with E-state index >= 15 is 0 Å². The van der Waals surface area contributed by atoms with Crippen molar-refractivity contribution in [2.75, 3.05) is 7.11 Å². The van der Waals surface area contributed by atoms with E-state index in [-0.39, 0.29) is 12.5 Å². The van der Waals surface area contributed by atoms with Gasteiger partial charge in [-0.15, -0.1) is 0 Å². The number of ether oxygens (including phenoxy) is 1. The van der Waals surface area contributed by atoms with Crippen molar-refractivity contribution in [3.05, 3.63) is 40.5 Å². The molecular formula is C14H17ClN2O2. The van der Waals surface area contributed by atoms with Crippen LogP contribution in [0, 0.1) is 0 Å². The van der Waals surface area contributed by atoms with Crippen molar-refractivity contribution < 1.29 is 9.84 Å². The van der Waals surface area contributed by atoms with E-state index in [2.05, 4.69) is 5.10 Å². The van der Waals surface area contributed by atoms with E-state index in [1.54, 1.807) is 23.9 Å². The summed E-state index contributed by atoms with van der Waals surface area (Å²) in [5.74, 6) is 0.776. The molecule has 1 heterocycles. The van der Waals surface area contributed by atoms with Crippen LogP contribution in [-0.2, 0) is 6.61 Å². The Kier molecular flexibility index (Phi) is 4.12. The smallest absolute Gasteiger partial charge is 0.222 e. The summed E-state index contributed by atoms with van der Waals surface area (Å²) in [5.41, 5.74) is 2.42. The molecule has 5 heteroatoms. The van der Waals surface area contributed by atoms with Gasteiger partial charge in [0.25, 0.3) is 0 Å². The zero-order valence-electron chi connectivity index (χ0n) is 11.2. The van der Waals surface area contributed by atoms with Crippen LogP contribution >= 0.6 is 11.6 Å². The molecule has 0 aliphatic carbocycles. The van der Waals surface area contributed by atoms with Crippen molar-refractivity contribution in [1.82, 2.24) is 9.78 Å². The molecule has 2 aromatic rings. The van der Waals surface area contributed by atoms with Crippen molar-refractivity contribution >= 4 is 11.6 Å². The molecule has 1 aromatic carbocycles. The second-order valence-electron chi connectivity index (χ2n) is 4.57. The van der Waals surface area contributed by atoms with Gasteiger partial charge in [0, 0.05) is 5.02 Å². The fourth-order valence-electron chi connectivity index (χ4n) is 2.03. The summed E-state index contributed by atoms with van der Waals surface area (Å²) in [4.78, 5) is 0. The number of benzene rings is 1. The second-order valence-corrected chi connectivity index (χ2v) is 5.01. The lowest BCUT2D eigenvalue weighted by Gasteiger charge is -2.07. The third-order valence-corrected chi connectivity index (χ3v) is 3.19. The van der Waals surface area contributed by atoms with E-state index in [1.807, 2.05) is 26.0 Å². The highest BCUT2D eigenvalue weighted by Crippen LogP contribution is 2.30. The van der Waals surface area contributed by atoms with Gasteiger partial charge in [-0.25, -0.2) is 4.68 Å². The fraction of sp³-hybridized carbons (Fsp3) is 0.357. The topological polar surface area (TPSA) is 47.3 Å². The first kappa shape index (κ1) is 13.9. The van der Waals surface area contributed by atoms with Gasteiger partial charge in [-0.05, 0) is 30.2 Å². The molecule has 0 aliphatic rings. The maximum absolute atomic E-state index is 9.53. The van der Waals surface area contributed by atoms with Gasteiger partial charge in [0.2, 0.25) is 5.88 Å². The number of rotatable bonds is 4. The standard InChI is InChI=1S/C14H17ClN2O2/c1-9(2)13-12(8-18)14(19-3)17(16-13)11-6-4-10(15)5-7-11/h4-7,9,18H,8H2,1-3H3. The van der Waals surface area contributed by atoms with Crippen molar-refractivity contribution in [3.8, 4) is 11.6 Å². The lowest BCUT2D eigenvalue weighted by molar-refractivity contribution is 0.270. The molecule has 0 unspecified atom stereocenters. The lowest BCUT2D eigenvalue weighted by Crippen LogP contribution is -2.00. The van der Waals surface area contributed by atoms with Crippen LogP contribution in [-0.4, -0.2) is 22.0 Å². The van der Waals surface area contributed by atoms with Crippen molar-refractivity contribution in [1.29, 1.82) is 0 Å². The van der Waals surface area contributed by atoms with Crippen LogP contribution in [0.25, 0.3) is 5.69 Å². The normalized spacial score (nSPS) is 11.1. The third-order valence-electron chi connectivity index (χ3n) is 2.94. The van der Waals surface area contributed by atoms with Gasteiger partial charge in [-0.1, -0.05) is 25.4 Å². The minimum atomic E-state index is -0.0930. The van der Waals surface area contributed by atoms with Gasteiger partial charge in [0.05, 0.1) is 30.7 Å². The predicted molar refractivity (Wildman–Crippen MR) is 75.1 cm³/mol. The van der Waals surface area contributed by atoms with Crippen LogP contribution in [0.15, 0.2) is 24.3 Å². The van der Waals surface area contributed by atoms with Gasteiger partial charge in [-0.3, -0.25) is 0 Å². The number of aliphatic hydroxyl groups is 1. The molecule has 2 rings (SSSR count).